The molecule has 0 aliphatic heterocycles. The number of ether oxygens (including phenoxy) is 2. The van der Waals surface area contributed by atoms with Crippen LogP contribution in [0.1, 0.15) is 21.6 Å². The van der Waals surface area contributed by atoms with Crippen LogP contribution in [0.5, 0.6) is 11.5 Å². The maximum atomic E-state index is 13.0. The molecule has 12 heteroatoms. The number of hydrogen-bond donors (Lipinski definition) is 1. The zero-order valence-corrected chi connectivity index (χ0v) is 17.0. The topological polar surface area (TPSA) is 65.4 Å². The van der Waals surface area contributed by atoms with Crippen LogP contribution >= 0.6 is 0 Å². The average Bonchev–Trinajstić information content (AvgIpc) is 3.20. The molecule has 0 aliphatic carbocycles. The number of amides is 1. The summed E-state index contributed by atoms with van der Waals surface area (Å²) >= 11 is 0. The summed E-state index contributed by atoms with van der Waals surface area (Å²) in [6.45, 7) is -1.52. The molecule has 1 amide bonds. The van der Waals surface area contributed by atoms with E-state index in [0.717, 1.165) is 16.8 Å². The standard InChI is InChI=1S/C21H17F6N3O3/c1-32-17-11-30(15-6-3-5-14(9-15)21(25,26)27)29-18(17)19(31)28-10-13-4-2-7-16(8-13)33-12-20(22,23)24/h2-9,11H,10,12H2,1H3,(H,28,31). The minimum Gasteiger partial charge on any atom is -0.493 e. The predicted octanol–water partition coefficient (Wildman–Crippen LogP) is 4.77. The molecule has 0 spiro atoms. The van der Waals surface area contributed by atoms with Gasteiger partial charge in [-0.3, -0.25) is 4.79 Å². The molecule has 0 fully saturated rings. The Kier molecular flexibility index (Phi) is 6.84. The minimum atomic E-state index is -4.55. The van der Waals surface area contributed by atoms with Gasteiger partial charge in [0, 0.05) is 6.54 Å². The molecule has 1 heterocycles. The van der Waals surface area contributed by atoms with Crippen molar-refractivity contribution in [2.75, 3.05) is 13.7 Å². The van der Waals surface area contributed by atoms with Crippen molar-refractivity contribution in [1.82, 2.24) is 15.1 Å². The van der Waals surface area contributed by atoms with Gasteiger partial charge in [0.2, 0.25) is 0 Å². The Morgan fingerprint density at radius 3 is 2.45 bits per heavy atom. The SMILES string of the molecule is COc1cn(-c2cccc(C(F)(F)F)c2)nc1C(=O)NCc1cccc(OCC(F)(F)F)c1. The number of alkyl halides is 6. The van der Waals surface area contributed by atoms with Crippen LogP contribution in [0.4, 0.5) is 26.3 Å². The molecule has 0 unspecified atom stereocenters. The van der Waals surface area contributed by atoms with Crippen molar-refractivity contribution in [3.05, 3.63) is 71.5 Å². The summed E-state index contributed by atoms with van der Waals surface area (Å²) in [6.07, 6.45) is -7.78. The summed E-state index contributed by atoms with van der Waals surface area (Å²) in [5.74, 6) is -0.697. The van der Waals surface area contributed by atoms with Gasteiger partial charge in [0.1, 0.15) is 5.75 Å². The molecule has 1 N–H and O–H groups in total. The van der Waals surface area contributed by atoms with E-state index in [1.165, 1.54) is 43.6 Å². The smallest absolute Gasteiger partial charge is 0.422 e. The molecule has 0 saturated heterocycles. The lowest BCUT2D eigenvalue weighted by Gasteiger charge is -2.10. The molecular formula is C21H17F6N3O3. The van der Waals surface area contributed by atoms with Crippen LogP contribution in [0.25, 0.3) is 5.69 Å². The molecule has 3 rings (SSSR count). The van der Waals surface area contributed by atoms with Crippen LogP contribution in [0.15, 0.2) is 54.7 Å². The van der Waals surface area contributed by atoms with E-state index in [0.29, 0.717) is 5.56 Å². The lowest BCUT2D eigenvalue weighted by Crippen LogP contribution is -2.24. The van der Waals surface area contributed by atoms with Gasteiger partial charge in [0.25, 0.3) is 5.91 Å². The van der Waals surface area contributed by atoms with Crippen molar-refractivity contribution in [2.45, 2.75) is 18.9 Å². The number of carbonyl (C=O) groups excluding carboxylic acids is 1. The van der Waals surface area contributed by atoms with E-state index in [4.69, 9.17) is 4.74 Å². The molecule has 3 aromatic rings. The van der Waals surface area contributed by atoms with Gasteiger partial charge in [0.05, 0.1) is 24.6 Å². The van der Waals surface area contributed by atoms with E-state index >= 15 is 0 Å². The number of benzene rings is 2. The molecular weight excluding hydrogens is 456 g/mol. The number of carbonyl (C=O) groups is 1. The van der Waals surface area contributed by atoms with Crippen LogP contribution in [0.3, 0.4) is 0 Å². The molecule has 0 radical (unpaired) electrons. The Balaban J connectivity index is 1.73. The molecule has 0 atom stereocenters. The number of hydrogen-bond acceptors (Lipinski definition) is 4. The summed E-state index contributed by atoms with van der Waals surface area (Å²) in [7, 11) is 1.27. The Bertz CT molecular complexity index is 1120. The van der Waals surface area contributed by atoms with E-state index < -0.39 is 30.4 Å². The fraction of sp³-hybridized carbons (Fsp3) is 0.238. The summed E-state index contributed by atoms with van der Waals surface area (Å²) in [4.78, 5) is 12.6. The van der Waals surface area contributed by atoms with E-state index in [1.54, 1.807) is 6.07 Å². The van der Waals surface area contributed by atoms with E-state index in [1.807, 2.05) is 0 Å². The first-order valence-electron chi connectivity index (χ1n) is 9.34. The summed E-state index contributed by atoms with van der Waals surface area (Å²) in [5.41, 5.74) is -0.538. The highest BCUT2D eigenvalue weighted by Gasteiger charge is 2.31. The van der Waals surface area contributed by atoms with Gasteiger partial charge in [-0.15, -0.1) is 0 Å². The molecule has 0 saturated carbocycles. The van der Waals surface area contributed by atoms with Gasteiger partial charge in [-0.1, -0.05) is 18.2 Å². The highest BCUT2D eigenvalue weighted by molar-refractivity contribution is 5.94. The Morgan fingerprint density at radius 1 is 1.06 bits per heavy atom. The van der Waals surface area contributed by atoms with Gasteiger partial charge in [0.15, 0.2) is 18.1 Å². The number of aromatic nitrogens is 2. The van der Waals surface area contributed by atoms with Crippen molar-refractivity contribution < 1.29 is 40.6 Å². The quantitative estimate of drug-likeness (QED) is 0.502. The summed E-state index contributed by atoms with van der Waals surface area (Å²) < 4.78 is 86.7. The van der Waals surface area contributed by atoms with Gasteiger partial charge < -0.3 is 14.8 Å². The number of halogens is 6. The highest BCUT2D eigenvalue weighted by atomic mass is 19.4. The first-order chi connectivity index (χ1) is 15.5. The Labute approximate surface area is 183 Å². The van der Waals surface area contributed by atoms with Crippen LogP contribution < -0.4 is 14.8 Å². The second-order valence-corrected chi connectivity index (χ2v) is 6.77. The molecule has 2 aromatic carbocycles. The largest absolute Gasteiger partial charge is 0.493 e. The first kappa shape index (κ1) is 24.0. The molecule has 33 heavy (non-hydrogen) atoms. The van der Waals surface area contributed by atoms with Gasteiger partial charge in [-0.05, 0) is 35.9 Å². The third kappa shape index (κ3) is 6.40. The van der Waals surface area contributed by atoms with E-state index in [2.05, 4.69) is 15.2 Å². The average molecular weight is 473 g/mol. The zero-order valence-electron chi connectivity index (χ0n) is 17.0. The van der Waals surface area contributed by atoms with Gasteiger partial charge in [-0.25, -0.2) is 4.68 Å². The monoisotopic (exact) mass is 473 g/mol. The maximum absolute atomic E-state index is 13.0. The third-order valence-corrected chi connectivity index (χ3v) is 4.31. The maximum Gasteiger partial charge on any atom is 0.422 e. The predicted molar refractivity (Wildman–Crippen MR) is 104 cm³/mol. The van der Waals surface area contributed by atoms with Crippen LogP contribution in [-0.2, 0) is 12.7 Å². The number of nitrogens with one attached hydrogen (secondary N) is 1. The van der Waals surface area contributed by atoms with Crippen molar-refractivity contribution in [3.8, 4) is 17.2 Å². The number of rotatable bonds is 7. The Morgan fingerprint density at radius 2 is 1.79 bits per heavy atom. The van der Waals surface area contributed by atoms with Gasteiger partial charge in [-0.2, -0.15) is 31.4 Å². The number of methoxy groups -OCH3 is 1. The van der Waals surface area contributed by atoms with Crippen LogP contribution in [-0.4, -0.2) is 35.6 Å². The van der Waals surface area contributed by atoms with Crippen molar-refractivity contribution in [1.29, 1.82) is 0 Å². The third-order valence-electron chi connectivity index (χ3n) is 4.31. The van der Waals surface area contributed by atoms with E-state index in [-0.39, 0.29) is 29.4 Å². The second-order valence-electron chi connectivity index (χ2n) is 6.77. The van der Waals surface area contributed by atoms with Crippen molar-refractivity contribution >= 4 is 5.91 Å². The summed E-state index contributed by atoms with van der Waals surface area (Å²) in [6, 6.07) is 10.1. The van der Waals surface area contributed by atoms with Gasteiger partial charge >= 0.3 is 12.4 Å². The van der Waals surface area contributed by atoms with Crippen molar-refractivity contribution in [2.24, 2.45) is 0 Å². The van der Waals surface area contributed by atoms with Crippen molar-refractivity contribution in [3.63, 3.8) is 0 Å². The lowest BCUT2D eigenvalue weighted by molar-refractivity contribution is -0.153. The van der Waals surface area contributed by atoms with Crippen LogP contribution in [0, 0.1) is 0 Å². The van der Waals surface area contributed by atoms with Crippen LogP contribution in [0.2, 0.25) is 0 Å². The first-order valence-corrected chi connectivity index (χ1v) is 9.34. The molecule has 6 nitrogen and oxygen atoms in total. The summed E-state index contributed by atoms with van der Waals surface area (Å²) in [5, 5.41) is 6.56. The fourth-order valence-corrected chi connectivity index (χ4v) is 2.80. The molecule has 0 bridgehead atoms. The molecule has 176 valence electrons. The second kappa shape index (κ2) is 9.43. The fourth-order valence-electron chi connectivity index (χ4n) is 2.80. The highest BCUT2D eigenvalue weighted by Crippen LogP contribution is 2.31. The lowest BCUT2D eigenvalue weighted by atomic mass is 10.2. The molecule has 1 aromatic heterocycles. The minimum absolute atomic E-state index is 0.0205. The normalized spacial score (nSPS) is 11.8. The van der Waals surface area contributed by atoms with E-state index in [9.17, 15) is 31.1 Å². The zero-order chi connectivity index (χ0) is 24.2. The molecule has 0 aliphatic rings. The number of nitrogens with zero attached hydrogens (tertiary/aromatic N) is 2. The Hall–Kier alpha value is -3.70.